The van der Waals surface area contributed by atoms with Gasteiger partial charge in [-0.05, 0) is 38.5 Å². The molecule has 5 nitrogen and oxygen atoms in total. The van der Waals surface area contributed by atoms with Crippen LogP contribution in [-0.4, -0.2) is 49.4 Å². The van der Waals surface area contributed by atoms with E-state index in [0.717, 1.165) is 44.3 Å². The summed E-state index contributed by atoms with van der Waals surface area (Å²) in [6.07, 6.45) is 9.56. The van der Waals surface area contributed by atoms with Gasteiger partial charge in [0.1, 0.15) is 18.0 Å². The van der Waals surface area contributed by atoms with Crippen LogP contribution in [-0.2, 0) is 4.74 Å². The Labute approximate surface area is 127 Å². The minimum atomic E-state index is 0.345. The molecule has 1 atom stereocenters. The number of aromatic nitrogens is 2. The summed E-state index contributed by atoms with van der Waals surface area (Å²) in [6, 6.07) is 2.12. The molecule has 0 radical (unpaired) electrons. The topological polar surface area (TPSA) is 41.5 Å². The number of hydrogen-bond acceptors (Lipinski definition) is 5. The number of piperidine rings is 1. The zero-order valence-corrected chi connectivity index (χ0v) is 13.0. The van der Waals surface area contributed by atoms with Crippen LogP contribution in [0, 0.1) is 0 Å². The van der Waals surface area contributed by atoms with Crippen molar-refractivity contribution < 1.29 is 4.74 Å². The highest BCUT2D eigenvalue weighted by molar-refractivity contribution is 5.49. The van der Waals surface area contributed by atoms with Gasteiger partial charge in [0.25, 0.3) is 0 Å². The lowest BCUT2D eigenvalue weighted by atomic mass is 10.1. The number of hydrogen-bond donors (Lipinski definition) is 0. The van der Waals surface area contributed by atoms with Gasteiger partial charge in [-0.2, -0.15) is 0 Å². The van der Waals surface area contributed by atoms with Crippen molar-refractivity contribution in [3.63, 3.8) is 0 Å². The largest absolute Gasteiger partial charge is 0.376 e. The zero-order chi connectivity index (χ0) is 14.5. The molecule has 2 fully saturated rings. The van der Waals surface area contributed by atoms with Crippen molar-refractivity contribution in [1.29, 1.82) is 0 Å². The van der Waals surface area contributed by atoms with Gasteiger partial charge in [-0.15, -0.1) is 0 Å². The fraction of sp³-hybridized carbons (Fsp3) is 0.750. The first-order chi connectivity index (χ1) is 10.3. The van der Waals surface area contributed by atoms with E-state index in [1.54, 1.807) is 6.33 Å². The molecule has 1 unspecified atom stereocenters. The van der Waals surface area contributed by atoms with Crippen LogP contribution in [0.15, 0.2) is 12.4 Å². The fourth-order valence-electron chi connectivity index (χ4n) is 3.19. The molecule has 3 rings (SSSR count). The number of likely N-dealkylation sites (N-methyl/N-ethyl adjacent to an activating group) is 1. The first kappa shape index (κ1) is 14.6. The Hall–Kier alpha value is -1.36. The van der Waals surface area contributed by atoms with Crippen molar-refractivity contribution in [2.24, 2.45) is 0 Å². The zero-order valence-electron chi connectivity index (χ0n) is 13.0. The second kappa shape index (κ2) is 7.07. The van der Waals surface area contributed by atoms with Crippen LogP contribution < -0.4 is 9.80 Å². The summed E-state index contributed by atoms with van der Waals surface area (Å²) in [5.74, 6) is 2.07. The van der Waals surface area contributed by atoms with E-state index in [9.17, 15) is 0 Å². The van der Waals surface area contributed by atoms with Gasteiger partial charge >= 0.3 is 0 Å². The summed E-state index contributed by atoms with van der Waals surface area (Å²) in [6.45, 7) is 4.05. The van der Waals surface area contributed by atoms with E-state index in [-0.39, 0.29) is 0 Å². The van der Waals surface area contributed by atoms with Crippen molar-refractivity contribution >= 4 is 11.6 Å². The third-order valence-corrected chi connectivity index (χ3v) is 4.46. The molecular weight excluding hydrogens is 264 g/mol. The molecule has 3 heterocycles. The predicted octanol–water partition coefficient (Wildman–Crippen LogP) is 2.47. The first-order valence-electron chi connectivity index (χ1n) is 8.22. The van der Waals surface area contributed by atoms with E-state index < -0.39 is 0 Å². The summed E-state index contributed by atoms with van der Waals surface area (Å²) in [5, 5.41) is 0. The van der Waals surface area contributed by atoms with Crippen LogP contribution in [0.1, 0.15) is 38.5 Å². The first-order valence-corrected chi connectivity index (χ1v) is 8.22. The van der Waals surface area contributed by atoms with Gasteiger partial charge < -0.3 is 14.5 Å². The number of anilines is 2. The molecule has 0 aliphatic carbocycles. The smallest absolute Gasteiger partial charge is 0.134 e. The molecule has 0 amide bonds. The Balaban J connectivity index is 1.63. The van der Waals surface area contributed by atoms with E-state index in [1.165, 1.54) is 32.1 Å². The van der Waals surface area contributed by atoms with Crippen molar-refractivity contribution in [1.82, 2.24) is 9.97 Å². The highest BCUT2D eigenvalue weighted by atomic mass is 16.5. The molecule has 0 N–H and O–H groups in total. The van der Waals surface area contributed by atoms with Crippen LogP contribution in [0.2, 0.25) is 0 Å². The van der Waals surface area contributed by atoms with Crippen LogP contribution in [0.3, 0.4) is 0 Å². The molecule has 1 aromatic rings. The van der Waals surface area contributed by atoms with Crippen molar-refractivity contribution in [3.05, 3.63) is 12.4 Å². The molecular formula is C16H26N4O. The van der Waals surface area contributed by atoms with Crippen LogP contribution >= 0.6 is 0 Å². The van der Waals surface area contributed by atoms with Crippen molar-refractivity contribution in [2.75, 3.05) is 43.1 Å². The van der Waals surface area contributed by atoms with Crippen LogP contribution in [0.4, 0.5) is 11.6 Å². The second-order valence-electron chi connectivity index (χ2n) is 6.15. The minimum absolute atomic E-state index is 0.345. The van der Waals surface area contributed by atoms with Crippen LogP contribution in [0.25, 0.3) is 0 Å². The van der Waals surface area contributed by atoms with Gasteiger partial charge in [-0.1, -0.05) is 0 Å². The summed E-state index contributed by atoms with van der Waals surface area (Å²) in [7, 11) is 2.10. The summed E-state index contributed by atoms with van der Waals surface area (Å²) < 4.78 is 5.82. The fourth-order valence-corrected chi connectivity index (χ4v) is 3.19. The Bertz CT molecular complexity index is 442. The highest BCUT2D eigenvalue weighted by Gasteiger charge is 2.18. The van der Waals surface area contributed by atoms with Gasteiger partial charge in [0.2, 0.25) is 0 Å². The standard InChI is InChI=1S/C16H26N4O/c1-19(12-14-7-3-6-10-21-14)15-11-16(18-13-17-15)20-8-4-2-5-9-20/h11,13-14H,2-10,12H2,1H3. The number of ether oxygens (including phenoxy) is 1. The Morgan fingerprint density at radius 2 is 2.05 bits per heavy atom. The van der Waals surface area contributed by atoms with Crippen molar-refractivity contribution in [3.8, 4) is 0 Å². The summed E-state index contributed by atoms with van der Waals surface area (Å²) >= 11 is 0. The van der Waals surface area contributed by atoms with E-state index in [4.69, 9.17) is 4.74 Å². The van der Waals surface area contributed by atoms with Gasteiger partial charge in [-0.3, -0.25) is 0 Å². The SMILES string of the molecule is CN(CC1CCCCO1)c1cc(N2CCCCC2)ncn1. The molecule has 2 aliphatic heterocycles. The van der Waals surface area contributed by atoms with Gasteiger partial charge in [-0.25, -0.2) is 9.97 Å². The minimum Gasteiger partial charge on any atom is -0.376 e. The molecule has 2 aliphatic rings. The third-order valence-electron chi connectivity index (χ3n) is 4.46. The van der Waals surface area contributed by atoms with Gasteiger partial charge in [0.05, 0.1) is 6.10 Å². The molecule has 21 heavy (non-hydrogen) atoms. The Morgan fingerprint density at radius 3 is 2.81 bits per heavy atom. The van der Waals surface area contributed by atoms with E-state index in [0.29, 0.717) is 6.10 Å². The molecule has 0 bridgehead atoms. The molecule has 1 aromatic heterocycles. The lowest BCUT2D eigenvalue weighted by molar-refractivity contribution is 0.0215. The molecule has 116 valence electrons. The summed E-state index contributed by atoms with van der Waals surface area (Å²) in [4.78, 5) is 13.5. The van der Waals surface area contributed by atoms with Crippen LogP contribution in [0.5, 0.6) is 0 Å². The predicted molar refractivity (Wildman–Crippen MR) is 85.0 cm³/mol. The molecule has 0 spiro atoms. The highest BCUT2D eigenvalue weighted by Crippen LogP contribution is 2.22. The maximum atomic E-state index is 5.82. The average molecular weight is 290 g/mol. The quantitative estimate of drug-likeness (QED) is 0.852. The lowest BCUT2D eigenvalue weighted by Crippen LogP contribution is -2.34. The third kappa shape index (κ3) is 3.84. The lowest BCUT2D eigenvalue weighted by Gasteiger charge is -2.30. The maximum absolute atomic E-state index is 5.82. The molecule has 0 aromatic carbocycles. The average Bonchev–Trinajstić information content (AvgIpc) is 2.57. The molecule has 2 saturated heterocycles. The summed E-state index contributed by atoms with van der Waals surface area (Å²) in [5.41, 5.74) is 0. The molecule has 5 heteroatoms. The van der Waals surface area contributed by atoms with Gasteiger partial charge in [0.15, 0.2) is 0 Å². The number of nitrogens with zero attached hydrogens (tertiary/aromatic N) is 4. The van der Waals surface area contributed by atoms with Crippen molar-refractivity contribution in [2.45, 2.75) is 44.6 Å². The maximum Gasteiger partial charge on any atom is 0.134 e. The Kier molecular flexibility index (Phi) is 4.91. The normalized spacial score (nSPS) is 23.1. The Morgan fingerprint density at radius 1 is 1.19 bits per heavy atom. The molecule has 0 saturated carbocycles. The van der Waals surface area contributed by atoms with Gasteiger partial charge in [0, 0.05) is 39.4 Å². The monoisotopic (exact) mass is 290 g/mol. The van der Waals surface area contributed by atoms with E-state index in [2.05, 4.69) is 32.9 Å². The van der Waals surface area contributed by atoms with E-state index >= 15 is 0 Å². The number of rotatable bonds is 4. The second-order valence-corrected chi connectivity index (χ2v) is 6.15. The van der Waals surface area contributed by atoms with E-state index in [1.807, 2.05) is 0 Å².